The second-order valence-corrected chi connectivity index (χ2v) is 7.60. The van der Waals surface area contributed by atoms with E-state index in [2.05, 4.69) is 17.6 Å². The predicted molar refractivity (Wildman–Crippen MR) is 127 cm³/mol. The Balaban J connectivity index is 2.15. The first-order chi connectivity index (χ1) is 14.9. The van der Waals surface area contributed by atoms with E-state index < -0.39 is 11.9 Å². The summed E-state index contributed by atoms with van der Waals surface area (Å²) in [5, 5.41) is 6.57. The standard InChI is InChI=1S/C24H25ClN4O2/c1-2-3-12-28-22-20(16-6-10-19(11-7-16)29-24(27)31)13-17(14-21(22)23(26)30)15-4-8-18(25)9-5-15/h4-11,13-14,28H,2-3,12H2,1H3,(H2,26,30)(H3,27,29,31). The van der Waals surface area contributed by atoms with Crippen LogP contribution in [0.5, 0.6) is 0 Å². The van der Waals surface area contributed by atoms with Crippen molar-refractivity contribution in [3.05, 3.63) is 71.2 Å². The molecule has 0 heterocycles. The fraction of sp³-hybridized carbons (Fsp3) is 0.167. The van der Waals surface area contributed by atoms with Crippen molar-refractivity contribution in [1.29, 1.82) is 0 Å². The molecule has 0 fully saturated rings. The normalized spacial score (nSPS) is 10.5. The van der Waals surface area contributed by atoms with Gasteiger partial charge in [0.15, 0.2) is 0 Å². The van der Waals surface area contributed by atoms with Crippen molar-refractivity contribution in [3.8, 4) is 22.3 Å². The highest BCUT2D eigenvalue weighted by atomic mass is 35.5. The van der Waals surface area contributed by atoms with Gasteiger partial charge in [0, 0.05) is 22.8 Å². The SMILES string of the molecule is CCCCNc1c(C(N)=O)cc(-c2ccc(Cl)cc2)cc1-c1ccc(NC(N)=O)cc1. The van der Waals surface area contributed by atoms with Crippen molar-refractivity contribution in [1.82, 2.24) is 0 Å². The smallest absolute Gasteiger partial charge is 0.316 e. The van der Waals surface area contributed by atoms with Crippen LogP contribution >= 0.6 is 11.6 Å². The lowest BCUT2D eigenvalue weighted by atomic mass is 9.93. The van der Waals surface area contributed by atoms with E-state index in [-0.39, 0.29) is 0 Å². The van der Waals surface area contributed by atoms with Gasteiger partial charge in [-0.15, -0.1) is 0 Å². The zero-order valence-corrected chi connectivity index (χ0v) is 18.0. The van der Waals surface area contributed by atoms with Gasteiger partial charge in [-0.25, -0.2) is 4.79 Å². The van der Waals surface area contributed by atoms with E-state index in [1.54, 1.807) is 30.3 Å². The van der Waals surface area contributed by atoms with Crippen molar-refractivity contribution >= 4 is 34.9 Å². The number of halogens is 1. The van der Waals surface area contributed by atoms with E-state index in [0.29, 0.717) is 28.5 Å². The van der Waals surface area contributed by atoms with Crippen LogP contribution in [0.3, 0.4) is 0 Å². The van der Waals surface area contributed by atoms with Crippen LogP contribution in [-0.4, -0.2) is 18.5 Å². The molecule has 0 aliphatic heterocycles. The third-order valence-corrected chi connectivity index (χ3v) is 5.13. The molecular formula is C24H25ClN4O2. The summed E-state index contributed by atoms with van der Waals surface area (Å²) in [5.74, 6) is -0.511. The molecule has 0 atom stereocenters. The number of rotatable bonds is 8. The number of benzene rings is 3. The van der Waals surface area contributed by atoms with E-state index >= 15 is 0 Å². The molecule has 0 aliphatic carbocycles. The Morgan fingerprint density at radius 2 is 1.55 bits per heavy atom. The number of unbranched alkanes of at least 4 members (excludes halogenated alkanes) is 1. The fourth-order valence-corrected chi connectivity index (χ4v) is 3.46. The molecule has 0 bridgehead atoms. The van der Waals surface area contributed by atoms with Gasteiger partial charge < -0.3 is 22.1 Å². The molecular weight excluding hydrogens is 412 g/mol. The number of anilines is 2. The average Bonchev–Trinajstić information content (AvgIpc) is 2.74. The van der Waals surface area contributed by atoms with Gasteiger partial charge in [0.25, 0.3) is 5.91 Å². The van der Waals surface area contributed by atoms with Crippen LogP contribution in [0.4, 0.5) is 16.2 Å². The molecule has 0 aliphatic rings. The summed E-state index contributed by atoms with van der Waals surface area (Å²) in [6.45, 7) is 2.82. The van der Waals surface area contributed by atoms with Crippen LogP contribution < -0.4 is 22.1 Å². The number of amides is 3. The summed E-state index contributed by atoms with van der Waals surface area (Å²) in [7, 11) is 0. The van der Waals surface area contributed by atoms with Gasteiger partial charge in [-0.3, -0.25) is 4.79 Å². The first kappa shape index (κ1) is 22.2. The Hall–Kier alpha value is -3.51. The van der Waals surface area contributed by atoms with Crippen LogP contribution in [0.1, 0.15) is 30.1 Å². The van der Waals surface area contributed by atoms with Crippen LogP contribution in [-0.2, 0) is 0 Å². The second-order valence-electron chi connectivity index (χ2n) is 7.16. The van der Waals surface area contributed by atoms with Crippen LogP contribution in [0.15, 0.2) is 60.7 Å². The first-order valence-corrected chi connectivity index (χ1v) is 10.4. The third-order valence-electron chi connectivity index (χ3n) is 4.88. The Morgan fingerprint density at radius 1 is 0.903 bits per heavy atom. The van der Waals surface area contributed by atoms with Crippen molar-refractivity contribution in [2.45, 2.75) is 19.8 Å². The summed E-state index contributed by atoms with van der Waals surface area (Å²) in [5.41, 5.74) is 16.1. The quantitative estimate of drug-likeness (QED) is 0.351. The fourth-order valence-electron chi connectivity index (χ4n) is 3.33. The molecule has 3 amide bonds. The molecule has 0 aromatic heterocycles. The lowest BCUT2D eigenvalue weighted by molar-refractivity contribution is 0.100. The molecule has 3 aromatic carbocycles. The van der Waals surface area contributed by atoms with Gasteiger partial charge in [-0.1, -0.05) is 49.2 Å². The number of carbonyl (C=O) groups excluding carboxylic acids is 2. The molecule has 0 radical (unpaired) electrons. The maximum atomic E-state index is 12.4. The van der Waals surface area contributed by atoms with Gasteiger partial charge in [0.2, 0.25) is 0 Å². The topological polar surface area (TPSA) is 110 Å². The minimum absolute atomic E-state index is 0.415. The first-order valence-electron chi connectivity index (χ1n) is 10.0. The summed E-state index contributed by atoms with van der Waals surface area (Å²) in [4.78, 5) is 23.5. The highest BCUT2D eigenvalue weighted by Gasteiger charge is 2.17. The zero-order chi connectivity index (χ0) is 22.4. The van der Waals surface area contributed by atoms with E-state index in [0.717, 1.165) is 35.1 Å². The van der Waals surface area contributed by atoms with Crippen molar-refractivity contribution in [2.75, 3.05) is 17.2 Å². The van der Waals surface area contributed by atoms with E-state index in [1.165, 1.54) is 0 Å². The Morgan fingerprint density at radius 3 is 2.13 bits per heavy atom. The van der Waals surface area contributed by atoms with Crippen molar-refractivity contribution in [2.24, 2.45) is 11.5 Å². The molecule has 0 saturated carbocycles. The summed E-state index contributed by atoms with van der Waals surface area (Å²) in [6.07, 6.45) is 1.97. The maximum absolute atomic E-state index is 12.4. The highest BCUT2D eigenvalue weighted by molar-refractivity contribution is 6.30. The molecule has 0 unspecified atom stereocenters. The number of nitrogens with one attached hydrogen (secondary N) is 2. The highest BCUT2D eigenvalue weighted by Crippen LogP contribution is 2.37. The Bertz CT molecular complexity index is 1080. The predicted octanol–water partition coefficient (Wildman–Crippen LogP) is 5.48. The minimum Gasteiger partial charge on any atom is -0.384 e. The number of nitrogens with two attached hydrogens (primary N) is 2. The van der Waals surface area contributed by atoms with E-state index in [1.807, 2.05) is 30.3 Å². The zero-order valence-electron chi connectivity index (χ0n) is 17.2. The summed E-state index contributed by atoms with van der Waals surface area (Å²) < 4.78 is 0. The van der Waals surface area contributed by atoms with Crippen LogP contribution in [0.2, 0.25) is 5.02 Å². The van der Waals surface area contributed by atoms with Crippen molar-refractivity contribution < 1.29 is 9.59 Å². The monoisotopic (exact) mass is 436 g/mol. The Labute approximate surface area is 186 Å². The molecule has 6 nitrogen and oxygen atoms in total. The molecule has 0 saturated heterocycles. The minimum atomic E-state index is -0.629. The lowest BCUT2D eigenvalue weighted by Crippen LogP contribution is -2.19. The van der Waals surface area contributed by atoms with E-state index in [9.17, 15) is 9.59 Å². The van der Waals surface area contributed by atoms with E-state index in [4.69, 9.17) is 23.1 Å². The number of urea groups is 1. The Kier molecular flexibility index (Phi) is 7.15. The summed E-state index contributed by atoms with van der Waals surface area (Å²) >= 11 is 6.03. The number of hydrogen-bond acceptors (Lipinski definition) is 3. The summed E-state index contributed by atoms with van der Waals surface area (Å²) in [6, 6.07) is 17.8. The maximum Gasteiger partial charge on any atom is 0.316 e. The number of primary amides is 2. The molecule has 7 heteroatoms. The van der Waals surface area contributed by atoms with Gasteiger partial charge in [0.1, 0.15) is 0 Å². The van der Waals surface area contributed by atoms with Crippen molar-refractivity contribution in [3.63, 3.8) is 0 Å². The lowest BCUT2D eigenvalue weighted by Gasteiger charge is -2.18. The van der Waals surface area contributed by atoms with Crippen LogP contribution in [0.25, 0.3) is 22.3 Å². The van der Waals surface area contributed by atoms with Gasteiger partial charge in [-0.2, -0.15) is 0 Å². The number of hydrogen-bond donors (Lipinski definition) is 4. The molecule has 31 heavy (non-hydrogen) atoms. The molecule has 160 valence electrons. The molecule has 3 rings (SSSR count). The molecule has 6 N–H and O–H groups in total. The second kappa shape index (κ2) is 10.00. The third kappa shape index (κ3) is 5.55. The molecule has 3 aromatic rings. The average molecular weight is 437 g/mol. The largest absolute Gasteiger partial charge is 0.384 e. The van der Waals surface area contributed by atoms with Crippen LogP contribution in [0, 0.1) is 0 Å². The van der Waals surface area contributed by atoms with Gasteiger partial charge >= 0.3 is 6.03 Å². The number of carbonyl (C=O) groups is 2. The van der Waals surface area contributed by atoms with Gasteiger partial charge in [0.05, 0.1) is 11.3 Å². The van der Waals surface area contributed by atoms with Gasteiger partial charge in [-0.05, 0) is 59.5 Å². The molecule has 0 spiro atoms.